The molecule has 4 nitrogen and oxygen atoms in total. The van der Waals surface area contributed by atoms with Crippen molar-refractivity contribution in [3.63, 3.8) is 0 Å². The Bertz CT molecular complexity index is 729. The van der Waals surface area contributed by atoms with Gasteiger partial charge in [-0.3, -0.25) is 4.79 Å². The Labute approximate surface area is 353 Å². The molecular formula is C52H105NO3. The van der Waals surface area contributed by atoms with Gasteiger partial charge in [0.05, 0.1) is 18.8 Å². The molecule has 1 amide bonds. The van der Waals surface area contributed by atoms with Crippen molar-refractivity contribution in [2.75, 3.05) is 6.61 Å². The molecule has 0 heterocycles. The summed E-state index contributed by atoms with van der Waals surface area (Å²) < 4.78 is 0. The zero-order valence-corrected chi connectivity index (χ0v) is 38.7. The molecule has 0 radical (unpaired) electrons. The van der Waals surface area contributed by atoms with Gasteiger partial charge in [-0.2, -0.15) is 0 Å². The van der Waals surface area contributed by atoms with Crippen LogP contribution in [-0.2, 0) is 4.79 Å². The fourth-order valence-corrected chi connectivity index (χ4v) is 8.60. The molecule has 3 N–H and O–H groups in total. The highest BCUT2D eigenvalue weighted by Gasteiger charge is 2.20. The summed E-state index contributed by atoms with van der Waals surface area (Å²) in [6.45, 7) is 4.38. The molecular weight excluding hydrogens is 687 g/mol. The van der Waals surface area contributed by atoms with Crippen LogP contribution in [-0.4, -0.2) is 34.9 Å². The number of nitrogens with one attached hydrogen (secondary N) is 1. The first-order valence-electron chi connectivity index (χ1n) is 26.2. The van der Waals surface area contributed by atoms with Gasteiger partial charge in [-0.15, -0.1) is 0 Å². The first-order valence-corrected chi connectivity index (χ1v) is 26.2. The highest BCUT2D eigenvalue weighted by molar-refractivity contribution is 5.76. The number of aliphatic hydroxyl groups is 2. The topological polar surface area (TPSA) is 69.6 Å². The van der Waals surface area contributed by atoms with E-state index in [4.69, 9.17) is 0 Å². The molecule has 56 heavy (non-hydrogen) atoms. The van der Waals surface area contributed by atoms with E-state index in [2.05, 4.69) is 19.2 Å². The third-order valence-electron chi connectivity index (χ3n) is 12.6. The lowest BCUT2D eigenvalue weighted by Crippen LogP contribution is -2.45. The van der Waals surface area contributed by atoms with Crippen LogP contribution in [0.15, 0.2) is 0 Å². The Hall–Kier alpha value is -0.610. The average Bonchev–Trinajstić information content (AvgIpc) is 3.20. The molecule has 4 heteroatoms. The summed E-state index contributed by atoms with van der Waals surface area (Å²) in [4.78, 5) is 12.4. The van der Waals surface area contributed by atoms with Crippen molar-refractivity contribution in [3.8, 4) is 0 Å². The summed E-state index contributed by atoms with van der Waals surface area (Å²) >= 11 is 0. The molecule has 0 aliphatic carbocycles. The number of rotatable bonds is 49. The second-order valence-corrected chi connectivity index (χ2v) is 18.3. The highest BCUT2D eigenvalue weighted by Crippen LogP contribution is 2.18. The zero-order valence-electron chi connectivity index (χ0n) is 38.7. The quantitative estimate of drug-likeness (QED) is 0.0538. The van der Waals surface area contributed by atoms with Crippen molar-refractivity contribution < 1.29 is 15.0 Å². The summed E-state index contributed by atoms with van der Waals surface area (Å²) in [6.07, 6.45) is 60.9. The van der Waals surface area contributed by atoms with E-state index in [-0.39, 0.29) is 12.5 Å². The fraction of sp³-hybridized carbons (Fsp3) is 0.981. The standard InChI is InChI=1S/C52H105NO3/c1-3-5-7-9-11-13-15-17-18-19-20-21-22-23-24-25-26-27-28-29-30-31-32-33-34-35-36-38-40-42-44-46-48-52(56)53-50(49-54)51(55)47-45-43-41-39-37-16-14-12-10-8-6-4-2/h50-51,54-55H,3-49H2,1-2H3,(H,53,56). The Balaban J connectivity index is 3.34. The van der Waals surface area contributed by atoms with Crippen LogP contribution in [0.1, 0.15) is 309 Å². The van der Waals surface area contributed by atoms with Crippen molar-refractivity contribution in [2.45, 2.75) is 321 Å². The predicted octanol–water partition coefficient (Wildman–Crippen LogP) is 16.8. The first-order chi connectivity index (χ1) is 27.7. The lowest BCUT2D eigenvalue weighted by molar-refractivity contribution is -0.123. The molecule has 0 rings (SSSR count). The molecule has 2 atom stereocenters. The Kier molecular flexibility index (Phi) is 48.2. The second-order valence-electron chi connectivity index (χ2n) is 18.3. The summed E-state index contributed by atoms with van der Waals surface area (Å²) in [6, 6.07) is -0.529. The molecule has 0 aromatic carbocycles. The maximum Gasteiger partial charge on any atom is 0.220 e. The number of unbranched alkanes of at least 4 members (excludes halogenated alkanes) is 42. The maximum atomic E-state index is 12.4. The largest absolute Gasteiger partial charge is 0.394 e. The Morgan fingerprint density at radius 3 is 0.804 bits per heavy atom. The summed E-state index contributed by atoms with van der Waals surface area (Å²) in [7, 11) is 0. The molecule has 0 fully saturated rings. The van der Waals surface area contributed by atoms with Crippen LogP contribution in [0, 0.1) is 0 Å². The van der Waals surface area contributed by atoms with Crippen LogP contribution < -0.4 is 5.32 Å². The minimum atomic E-state index is -0.653. The maximum absolute atomic E-state index is 12.4. The summed E-state index contributed by atoms with van der Waals surface area (Å²) in [5, 5.41) is 23.2. The third kappa shape index (κ3) is 44.5. The van der Waals surface area contributed by atoms with Gasteiger partial charge in [0.15, 0.2) is 0 Å². The van der Waals surface area contributed by atoms with Crippen LogP contribution >= 0.6 is 0 Å². The normalized spacial score (nSPS) is 12.7. The smallest absolute Gasteiger partial charge is 0.220 e. The predicted molar refractivity (Wildman–Crippen MR) is 249 cm³/mol. The average molecular weight is 792 g/mol. The van der Waals surface area contributed by atoms with Gasteiger partial charge in [0.25, 0.3) is 0 Å². The zero-order chi connectivity index (χ0) is 40.7. The van der Waals surface area contributed by atoms with Crippen molar-refractivity contribution in [1.82, 2.24) is 5.32 Å². The van der Waals surface area contributed by atoms with Gasteiger partial charge in [0.1, 0.15) is 0 Å². The molecule has 0 aliphatic rings. The number of aliphatic hydroxyl groups excluding tert-OH is 2. The molecule has 0 saturated heterocycles. The van der Waals surface area contributed by atoms with Gasteiger partial charge in [-0.05, 0) is 12.8 Å². The molecule has 0 bridgehead atoms. The van der Waals surface area contributed by atoms with E-state index in [9.17, 15) is 15.0 Å². The van der Waals surface area contributed by atoms with Gasteiger partial charge in [0.2, 0.25) is 5.91 Å². The number of hydrogen-bond acceptors (Lipinski definition) is 3. The molecule has 0 aromatic rings. The van der Waals surface area contributed by atoms with Gasteiger partial charge in [0, 0.05) is 6.42 Å². The van der Waals surface area contributed by atoms with Crippen molar-refractivity contribution in [3.05, 3.63) is 0 Å². The van der Waals surface area contributed by atoms with E-state index < -0.39 is 12.1 Å². The molecule has 2 unspecified atom stereocenters. The van der Waals surface area contributed by atoms with E-state index in [1.54, 1.807) is 0 Å². The minimum absolute atomic E-state index is 0.0247. The molecule has 0 aromatic heterocycles. The molecule has 0 aliphatic heterocycles. The fourth-order valence-electron chi connectivity index (χ4n) is 8.60. The van der Waals surface area contributed by atoms with Crippen LogP contribution in [0.4, 0.5) is 0 Å². The van der Waals surface area contributed by atoms with Crippen LogP contribution in [0.3, 0.4) is 0 Å². The van der Waals surface area contributed by atoms with E-state index >= 15 is 0 Å². The van der Waals surface area contributed by atoms with Crippen molar-refractivity contribution in [2.24, 2.45) is 0 Å². The number of hydrogen-bond donors (Lipinski definition) is 3. The monoisotopic (exact) mass is 792 g/mol. The molecule has 0 saturated carbocycles. The van der Waals surface area contributed by atoms with E-state index in [0.717, 1.165) is 25.7 Å². The van der Waals surface area contributed by atoms with E-state index in [0.29, 0.717) is 12.8 Å². The van der Waals surface area contributed by atoms with E-state index in [1.807, 2.05) is 0 Å². The van der Waals surface area contributed by atoms with Crippen LogP contribution in [0.5, 0.6) is 0 Å². The number of carbonyl (C=O) groups excluding carboxylic acids is 1. The summed E-state index contributed by atoms with van der Waals surface area (Å²) in [5.41, 5.74) is 0. The van der Waals surface area contributed by atoms with Gasteiger partial charge in [-0.25, -0.2) is 0 Å². The van der Waals surface area contributed by atoms with Gasteiger partial charge >= 0.3 is 0 Å². The summed E-state index contributed by atoms with van der Waals surface area (Å²) in [5.74, 6) is -0.0247. The number of amides is 1. The Morgan fingerprint density at radius 2 is 0.571 bits per heavy atom. The van der Waals surface area contributed by atoms with Crippen molar-refractivity contribution >= 4 is 5.91 Å². The number of carbonyl (C=O) groups is 1. The molecule has 0 spiro atoms. The minimum Gasteiger partial charge on any atom is -0.394 e. The first kappa shape index (κ1) is 55.4. The lowest BCUT2D eigenvalue weighted by atomic mass is 10.0. The second kappa shape index (κ2) is 48.8. The van der Waals surface area contributed by atoms with Crippen LogP contribution in [0.2, 0.25) is 0 Å². The highest BCUT2D eigenvalue weighted by atomic mass is 16.3. The van der Waals surface area contributed by atoms with Gasteiger partial charge < -0.3 is 15.5 Å². The van der Waals surface area contributed by atoms with Crippen LogP contribution in [0.25, 0.3) is 0 Å². The third-order valence-corrected chi connectivity index (χ3v) is 12.6. The van der Waals surface area contributed by atoms with Crippen molar-refractivity contribution in [1.29, 1.82) is 0 Å². The van der Waals surface area contributed by atoms with Gasteiger partial charge in [-0.1, -0.05) is 290 Å². The SMILES string of the molecule is CCCCCCCCCCCCCCCCCCCCCCCCCCCCCCCCCCC(=O)NC(CO)C(O)CCCCCCCCCCCCCC. The molecule has 336 valence electrons. The van der Waals surface area contributed by atoms with E-state index in [1.165, 1.54) is 257 Å². The Morgan fingerprint density at radius 1 is 0.357 bits per heavy atom. The lowest BCUT2D eigenvalue weighted by Gasteiger charge is -2.22.